The molecule has 0 atom stereocenters. The Morgan fingerprint density at radius 1 is 1.56 bits per heavy atom. The molecule has 5 nitrogen and oxygen atoms in total. The van der Waals surface area contributed by atoms with Gasteiger partial charge in [-0.3, -0.25) is 4.79 Å². The highest BCUT2D eigenvalue weighted by atomic mass is 32.2. The van der Waals surface area contributed by atoms with Gasteiger partial charge in [0.2, 0.25) is 10.0 Å². The molecule has 0 saturated carbocycles. The molecule has 0 aliphatic carbocycles. The minimum atomic E-state index is -3.28. The fourth-order valence-corrected chi connectivity index (χ4v) is 3.20. The van der Waals surface area contributed by atoms with Gasteiger partial charge in [-0.1, -0.05) is 11.6 Å². The number of nitrogens with zero attached hydrogens (tertiary/aromatic N) is 1. The highest BCUT2D eigenvalue weighted by molar-refractivity contribution is 7.89. The topological polar surface area (TPSA) is 74.7 Å². The van der Waals surface area contributed by atoms with Gasteiger partial charge in [0.15, 0.2) is 0 Å². The number of rotatable bonds is 5. The van der Waals surface area contributed by atoms with E-state index in [9.17, 15) is 13.2 Å². The van der Waals surface area contributed by atoms with E-state index in [1.807, 2.05) is 13.0 Å². The van der Waals surface area contributed by atoms with Crippen LogP contribution in [-0.2, 0) is 14.8 Å². The fraction of sp³-hybridized carbons (Fsp3) is 0.700. The third-order valence-electron chi connectivity index (χ3n) is 2.48. The molecule has 0 saturated heterocycles. The molecule has 1 aliphatic heterocycles. The van der Waals surface area contributed by atoms with E-state index >= 15 is 0 Å². The molecule has 1 rings (SSSR count). The van der Waals surface area contributed by atoms with Crippen molar-refractivity contribution in [3.8, 4) is 0 Å². The van der Waals surface area contributed by atoms with Crippen LogP contribution < -0.4 is 0 Å². The quantitative estimate of drug-likeness (QED) is 0.730. The monoisotopic (exact) mass is 247 g/mol. The number of carboxylic acids is 1. The Morgan fingerprint density at radius 3 is 2.81 bits per heavy atom. The van der Waals surface area contributed by atoms with Gasteiger partial charge in [0.25, 0.3) is 0 Å². The smallest absolute Gasteiger partial charge is 0.303 e. The van der Waals surface area contributed by atoms with E-state index in [2.05, 4.69) is 0 Å². The highest BCUT2D eigenvalue weighted by Crippen LogP contribution is 2.14. The summed E-state index contributed by atoms with van der Waals surface area (Å²) in [6.07, 6.45) is 2.85. The first-order valence-corrected chi connectivity index (χ1v) is 6.88. The van der Waals surface area contributed by atoms with E-state index in [0.717, 1.165) is 12.0 Å². The van der Waals surface area contributed by atoms with Crippen molar-refractivity contribution in [2.45, 2.75) is 26.2 Å². The average molecular weight is 247 g/mol. The second kappa shape index (κ2) is 5.45. The third kappa shape index (κ3) is 3.94. The molecule has 6 heteroatoms. The Hall–Kier alpha value is -0.880. The number of aliphatic carboxylic acids is 1. The molecule has 1 heterocycles. The molecule has 0 aromatic rings. The minimum absolute atomic E-state index is 0.0768. The van der Waals surface area contributed by atoms with Crippen molar-refractivity contribution < 1.29 is 18.3 Å². The lowest BCUT2D eigenvalue weighted by Crippen LogP contribution is -2.37. The number of hydrogen-bond donors (Lipinski definition) is 1. The number of sulfonamides is 1. The Bertz CT molecular complexity index is 386. The summed E-state index contributed by atoms with van der Waals surface area (Å²) in [5.41, 5.74) is 1.05. The van der Waals surface area contributed by atoms with Crippen LogP contribution in [0.2, 0.25) is 0 Å². The summed E-state index contributed by atoms with van der Waals surface area (Å²) in [7, 11) is -3.28. The van der Waals surface area contributed by atoms with Crippen molar-refractivity contribution in [1.82, 2.24) is 4.31 Å². The van der Waals surface area contributed by atoms with Gasteiger partial charge >= 0.3 is 5.97 Å². The van der Waals surface area contributed by atoms with Gasteiger partial charge in [-0.25, -0.2) is 8.42 Å². The fourth-order valence-electron chi connectivity index (χ4n) is 1.65. The van der Waals surface area contributed by atoms with Crippen LogP contribution in [0.15, 0.2) is 11.6 Å². The lowest BCUT2D eigenvalue weighted by atomic mass is 10.2. The lowest BCUT2D eigenvalue weighted by Gasteiger charge is -2.25. The first kappa shape index (κ1) is 13.2. The summed E-state index contributed by atoms with van der Waals surface area (Å²) in [4.78, 5) is 10.3. The van der Waals surface area contributed by atoms with Gasteiger partial charge in [0.1, 0.15) is 0 Å². The van der Waals surface area contributed by atoms with Gasteiger partial charge < -0.3 is 5.11 Å². The van der Waals surface area contributed by atoms with Crippen LogP contribution in [0.25, 0.3) is 0 Å². The molecule has 1 aliphatic rings. The average Bonchev–Trinajstić information content (AvgIpc) is 2.16. The van der Waals surface area contributed by atoms with Crippen molar-refractivity contribution >= 4 is 16.0 Å². The van der Waals surface area contributed by atoms with Crippen molar-refractivity contribution in [1.29, 1.82) is 0 Å². The first-order valence-electron chi connectivity index (χ1n) is 5.27. The molecule has 0 radical (unpaired) electrons. The molecule has 0 spiro atoms. The number of carboxylic acid groups (broad SMARTS) is 1. The van der Waals surface area contributed by atoms with Crippen molar-refractivity contribution in [2.75, 3.05) is 18.8 Å². The largest absolute Gasteiger partial charge is 0.481 e. The zero-order valence-corrected chi connectivity index (χ0v) is 10.2. The predicted octanol–water partition coefficient (Wildman–Crippen LogP) is 0.833. The molecule has 0 bridgehead atoms. The Balaban J connectivity index is 2.51. The molecule has 1 N–H and O–H groups in total. The third-order valence-corrected chi connectivity index (χ3v) is 4.39. The summed E-state index contributed by atoms with van der Waals surface area (Å²) in [5, 5.41) is 8.45. The molecule has 0 aromatic carbocycles. The van der Waals surface area contributed by atoms with Crippen molar-refractivity contribution in [3.63, 3.8) is 0 Å². The van der Waals surface area contributed by atoms with Gasteiger partial charge in [0.05, 0.1) is 5.75 Å². The summed E-state index contributed by atoms with van der Waals surface area (Å²) >= 11 is 0. The molecule has 16 heavy (non-hydrogen) atoms. The second-order valence-corrected chi connectivity index (χ2v) is 6.07. The minimum Gasteiger partial charge on any atom is -0.481 e. The maximum atomic E-state index is 11.8. The van der Waals surface area contributed by atoms with Crippen molar-refractivity contribution in [2.24, 2.45) is 0 Å². The molecular formula is C10H17NO4S. The Labute approximate surface area is 95.8 Å². The highest BCUT2D eigenvalue weighted by Gasteiger charge is 2.23. The van der Waals surface area contributed by atoms with Gasteiger partial charge in [-0.15, -0.1) is 0 Å². The summed E-state index contributed by atoms with van der Waals surface area (Å²) in [5.74, 6) is -1.03. The predicted molar refractivity (Wildman–Crippen MR) is 60.6 cm³/mol. The molecule has 0 aromatic heterocycles. The molecule has 92 valence electrons. The van der Waals surface area contributed by atoms with E-state index in [-0.39, 0.29) is 18.6 Å². The SMILES string of the molecule is CC1=CCCN(S(=O)(=O)CCCC(=O)O)C1. The standard InChI is InChI=1S/C10H17NO4S/c1-9-4-2-6-11(8-9)16(14,15)7-3-5-10(12)13/h4H,2-3,5-8H2,1H3,(H,12,13). The van der Waals surface area contributed by atoms with Crippen LogP contribution in [0.3, 0.4) is 0 Å². The van der Waals surface area contributed by atoms with Crippen LogP contribution in [0.4, 0.5) is 0 Å². The number of hydrogen-bond acceptors (Lipinski definition) is 3. The normalized spacial score (nSPS) is 18.2. The van der Waals surface area contributed by atoms with Crippen LogP contribution in [0.1, 0.15) is 26.2 Å². The first-order chi connectivity index (χ1) is 7.42. The van der Waals surface area contributed by atoms with Gasteiger partial charge in [-0.2, -0.15) is 4.31 Å². The molecule has 0 fully saturated rings. The van der Waals surface area contributed by atoms with Gasteiger partial charge in [0, 0.05) is 19.5 Å². The molecule has 0 amide bonds. The zero-order chi connectivity index (χ0) is 12.2. The zero-order valence-electron chi connectivity index (χ0n) is 9.35. The van der Waals surface area contributed by atoms with Crippen LogP contribution in [0, 0.1) is 0 Å². The van der Waals surface area contributed by atoms with Crippen LogP contribution in [-0.4, -0.2) is 42.6 Å². The molecule has 0 unspecified atom stereocenters. The second-order valence-electron chi connectivity index (χ2n) is 3.99. The Kier molecular flexibility index (Phi) is 4.49. The summed E-state index contributed by atoms with van der Waals surface area (Å²) in [6, 6.07) is 0. The van der Waals surface area contributed by atoms with E-state index in [1.54, 1.807) is 0 Å². The molecular weight excluding hydrogens is 230 g/mol. The lowest BCUT2D eigenvalue weighted by molar-refractivity contribution is -0.137. The van der Waals surface area contributed by atoms with E-state index in [1.165, 1.54) is 4.31 Å². The van der Waals surface area contributed by atoms with E-state index in [0.29, 0.717) is 13.1 Å². The van der Waals surface area contributed by atoms with Crippen molar-refractivity contribution in [3.05, 3.63) is 11.6 Å². The maximum absolute atomic E-state index is 11.8. The van der Waals surface area contributed by atoms with Crippen LogP contribution >= 0.6 is 0 Å². The van der Waals surface area contributed by atoms with E-state index in [4.69, 9.17) is 5.11 Å². The van der Waals surface area contributed by atoms with E-state index < -0.39 is 16.0 Å². The summed E-state index contributed by atoms with van der Waals surface area (Å²) in [6.45, 7) is 2.85. The summed E-state index contributed by atoms with van der Waals surface area (Å²) < 4.78 is 25.1. The number of carbonyl (C=O) groups is 1. The van der Waals surface area contributed by atoms with Crippen LogP contribution in [0.5, 0.6) is 0 Å². The Morgan fingerprint density at radius 2 is 2.25 bits per heavy atom. The van der Waals surface area contributed by atoms with Gasteiger partial charge in [-0.05, 0) is 19.8 Å². The maximum Gasteiger partial charge on any atom is 0.303 e.